The Kier molecular flexibility index (Phi) is 3.88. The lowest BCUT2D eigenvalue weighted by Crippen LogP contribution is -2.52. The first-order valence-electron chi connectivity index (χ1n) is 8.49. The van der Waals surface area contributed by atoms with E-state index in [0.717, 1.165) is 18.7 Å². The van der Waals surface area contributed by atoms with Crippen LogP contribution in [0.25, 0.3) is 0 Å². The van der Waals surface area contributed by atoms with Gasteiger partial charge in [0.25, 0.3) is 6.29 Å². The molecular weight excluding hydrogens is 354 g/mol. The number of nitrogens with zero attached hydrogens (tertiary/aromatic N) is 1. The fourth-order valence-electron chi connectivity index (χ4n) is 4.05. The summed E-state index contributed by atoms with van der Waals surface area (Å²) in [6.07, 6.45) is 1.07. The molecule has 4 atom stereocenters. The predicted molar refractivity (Wildman–Crippen MR) is 90.0 cm³/mol. The van der Waals surface area contributed by atoms with E-state index in [-0.39, 0.29) is 0 Å². The van der Waals surface area contributed by atoms with Crippen LogP contribution in [0.4, 0.5) is 5.69 Å². The first-order valence-corrected chi connectivity index (χ1v) is 8.49. The van der Waals surface area contributed by atoms with Crippen LogP contribution in [0, 0.1) is 11.8 Å². The van der Waals surface area contributed by atoms with E-state index in [4.69, 9.17) is 14.2 Å². The molecule has 1 aromatic carbocycles. The van der Waals surface area contributed by atoms with Gasteiger partial charge in [0.2, 0.25) is 11.8 Å². The molecule has 2 saturated heterocycles. The van der Waals surface area contributed by atoms with Crippen molar-refractivity contribution in [2.45, 2.75) is 31.8 Å². The van der Waals surface area contributed by atoms with Gasteiger partial charge in [-0.15, -0.1) is 0 Å². The summed E-state index contributed by atoms with van der Waals surface area (Å²) in [7, 11) is 0. The summed E-state index contributed by atoms with van der Waals surface area (Å²) in [5, 5.41) is 0. The van der Waals surface area contributed by atoms with Crippen LogP contribution in [0.5, 0.6) is 0 Å². The molecule has 0 saturated carbocycles. The number of carbonyl (C=O) groups is 4. The highest BCUT2D eigenvalue weighted by Crippen LogP contribution is 2.54. The molecule has 0 spiro atoms. The number of esters is 2. The van der Waals surface area contributed by atoms with Crippen molar-refractivity contribution in [3.05, 3.63) is 42.5 Å². The van der Waals surface area contributed by atoms with E-state index >= 15 is 0 Å². The number of hydrogen-bond acceptors (Lipinski definition) is 7. The Labute approximate surface area is 154 Å². The molecule has 3 aliphatic heterocycles. The molecule has 140 valence electrons. The molecule has 0 unspecified atom stereocenters. The van der Waals surface area contributed by atoms with Gasteiger partial charge in [-0.25, -0.2) is 4.90 Å². The summed E-state index contributed by atoms with van der Waals surface area (Å²) < 4.78 is 16.2. The number of fused-ring (bicyclic) bond motifs is 5. The largest absolute Gasteiger partial charge is 0.422 e. The molecule has 27 heavy (non-hydrogen) atoms. The Morgan fingerprint density at radius 1 is 1.07 bits per heavy atom. The molecule has 0 aromatic heterocycles. The number of hydrogen-bond donors (Lipinski definition) is 0. The highest BCUT2D eigenvalue weighted by atomic mass is 16.7. The fourth-order valence-corrected chi connectivity index (χ4v) is 4.05. The van der Waals surface area contributed by atoms with Gasteiger partial charge in [0.05, 0.1) is 23.6 Å². The predicted octanol–water partition coefficient (Wildman–Crippen LogP) is 0.952. The third-order valence-electron chi connectivity index (χ3n) is 5.01. The van der Waals surface area contributed by atoms with Crippen molar-refractivity contribution in [3.63, 3.8) is 0 Å². The Hall–Kier alpha value is -3.00. The molecule has 2 bridgehead atoms. The van der Waals surface area contributed by atoms with Gasteiger partial charge in [0.1, 0.15) is 0 Å². The van der Waals surface area contributed by atoms with E-state index < -0.39 is 53.6 Å². The van der Waals surface area contributed by atoms with Crippen molar-refractivity contribution in [3.8, 4) is 0 Å². The van der Waals surface area contributed by atoms with Crippen molar-refractivity contribution in [2.24, 2.45) is 11.8 Å². The van der Waals surface area contributed by atoms with Crippen molar-refractivity contribution in [1.82, 2.24) is 0 Å². The SMILES string of the molecule is CC(=O)OC(OC(C)=O)[C@@]12C=C[C@H](O1)[C@@H]1C(=O)N(c3ccccc3)C(=O)[C@@H]12. The van der Waals surface area contributed by atoms with Crippen LogP contribution in [0.2, 0.25) is 0 Å². The molecule has 8 heteroatoms. The zero-order chi connectivity index (χ0) is 19.3. The summed E-state index contributed by atoms with van der Waals surface area (Å²) >= 11 is 0. The van der Waals surface area contributed by atoms with Gasteiger partial charge >= 0.3 is 11.9 Å². The van der Waals surface area contributed by atoms with Gasteiger partial charge in [-0.05, 0) is 18.2 Å². The third-order valence-corrected chi connectivity index (χ3v) is 5.01. The van der Waals surface area contributed by atoms with E-state index in [1.165, 1.54) is 0 Å². The highest BCUT2D eigenvalue weighted by Gasteiger charge is 2.72. The average Bonchev–Trinajstić information content (AvgIpc) is 3.26. The number of amides is 2. The number of anilines is 1. The van der Waals surface area contributed by atoms with Crippen LogP contribution < -0.4 is 4.90 Å². The Balaban J connectivity index is 1.75. The molecule has 4 rings (SSSR count). The number of carbonyl (C=O) groups excluding carboxylic acids is 4. The normalized spacial score (nSPS) is 30.8. The lowest BCUT2D eigenvalue weighted by molar-refractivity contribution is -0.226. The van der Waals surface area contributed by atoms with Gasteiger partial charge in [-0.1, -0.05) is 24.3 Å². The summed E-state index contributed by atoms with van der Waals surface area (Å²) in [6, 6.07) is 8.56. The van der Waals surface area contributed by atoms with Gasteiger partial charge in [0.15, 0.2) is 5.60 Å². The van der Waals surface area contributed by atoms with Gasteiger partial charge < -0.3 is 14.2 Å². The Bertz CT molecular complexity index is 848. The van der Waals surface area contributed by atoms with Crippen LogP contribution in [-0.2, 0) is 33.4 Å². The van der Waals surface area contributed by atoms with E-state index in [1.54, 1.807) is 42.5 Å². The molecule has 3 heterocycles. The number of para-hydroxylation sites is 1. The molecule has 0 N–H and O–H groups in total. The first-order chi connectivity index (χ1) is 12.8. The Morgan fingerprint density at radius 3 is 2.30 bits per heavy atom. The maximum Gasteiger partial charge on any atom is 0.305 e. The van der Waals surface area contributed by atoms with E-state index in [0.29, 0.717) is 5.69 Å². The van der Waals surface area contributed by atoms with Crippen LogP contribution in [-0.4, -0.2) is 41.7 Å². The second-order valence-electron chi connectivity index (χ2n) is 6.70. The first kappa shape index (κ1) is 17.4. The second kappa shape index (κ2) is 6.02. The van der Waals surface area contributed by atoms with Crippen molar-refractivity contribution >= 4 is 29.4 Å². The molecule has 8 nitrogen and oxygen atoms in total. The topological polar surface area (TPSA) is 99.2 Å². The number of imide groups is 1. The lowest BCUT2D eigenvalue weighted by Gasteiger charge is -2.34. The van der Waals surface area contributed by atoms with Crippen LogP contribution in [0.1, 0.15) is 13.8 Å². The van der Waals surface area contributed by atoms with E-state index in [2.05, 4.69) is 0 Å². The summed E-state index contributed by atoms with van der Waals surface area (Å²) in [5.41, 5.74) is -1.07. The maximum absolute atomic E-state index is 13.2. The van der Waals surface area contributed by atoms with Crippen molar-refractivity contribution < 1.29 is 33.4 Å². The molecular formula is C19H17NO7. The van der Waals surface area contributed by atoms with Gasteiger partial charge in [-0.2, -0.15) is 0 Å². The monoisotopic (exact) mass is 371 g/mol. The number of benzene rings is 1. The van der Waals surface area contributed by atoms with Crippen LogP contribution >= 0.6 is 0 Å². The number of ether oxygens (including phenoxy) is 3. The molecule has 0 aliphatic carbocycles. The zero-order valence-corrected chi connectivity index (χ0v) is 14.7. The quantitative estimate of drug-likeness (QED) is 0.336. The van der Waals surface area contributed by atoms with Crippen molar-refractivity contribution in [2.75, 3.05) is 4.90 Å². The minimum Gasteiger partial charge on any atom is -0.422 e. The second-order valence-corrected chi connectivity index (χ2v) is 6.70. The summed E-state index contributed by atoms with van der Waals surface area (Å²) in [6.45, 7) is 2.32. The third kappa shape index (κ3) is 2.48. The average molecular weight is 371 g/mol. The van der Waals surface area contributed by atoms with E-state index in [1.807, 2.05) is 0 Å². The van der Waals surface area contributed by atoms with E-state index in [9.17, 15) is 19.2 Å². The standard InChI is InChI=1S/C19H17NO7/c1-10(21)25-18(26-11(2)22)19-9-8-13(27-19)14-15(19)17(24)20(16(14)23)12-6-4-3-5-7-12/h3-9,13-15,18H,1-2H3/t13-,14-,15+,19-/m0/s1. The van der Waals surface area contributed by atoms with Crippen LogP contribution in [0.3, 0.4) is 0 Å². The molecule has 0 radical (unpaired) electrons. The Morgan fingerprint density at radius 2 is 1.70 bits per heavy atom. The smallest absolute Gasteiger partial charge is 0.305 e. The number of rotatable bonds is 4. The molecule has 2 fully saturated rings. The fraction of sp³-hybridized carbons (Fsp3) is 0.368. The minimum atomic E-state index is -1.52. The van der Waals surface area contributed by atoms with Gasteiger partial charge in [0, 0.05) is 13.8 Å². The summed E-state index contributed by atoms with van der Waals surface area (Å²) in [5.74, 6) is -3.99. The minimum absolute atomic E-state index is 0.392. The molecule has 1 aromatic rings. The van der Waals surface area contributed by atoms with Crippen molar-refractivity contribution in [1.29, 1.82) is 0 Å². The highest BCUT2D eigenvalue weighted by molar-refractivity contribution is 6.23. The molecule has 3 aliphatic rings. The zero-order valence-electron chi connectivity index (χ0n) is 14.7. The van der Waals surface area contributed by atoms with Gasteiger partial charge in [-0.3, -0.25) is 19.2 Å². The van der Waals surface area contributed by atoms with Crippen LogP contribution in [0.15, 0.2) is 42.5 Å². The lowest BCUT2D eigenvalue weighted by atomic mass is 9.76. The molecule has 2 amide bonds. The summed E-state index contributed by atoms with van der Waals surface area (Å²) in [4.78, 5) is 50.3. The maximum atomic E-state index is 13.2.